The van der Waals surface area contributed by atoms with Crippen molar-refractivity contribution in [3.8, 4) is 0 Å². The van der Waals surface area contributed by atoms with Gasteiger partial charge in [0.15, 0.2) is 17.5 Å². The maximum atomic E-state index is 13.1. The van der Waals surface area contributed by atoms with E-state index in [1.54, 1.807) is 0 Å². The topological polar surface area (TPSA) is 46.6 Å². The number of amides is 1. The van der Waals surface area contributed by atoms with Gasteiger partial charge in [-0.3, -0.25) is 4.79 Å². The van der Waals surface area contributed by atoms with E-state index in [-0.39, 0.29) is 18.7 Å². The highest BCUT2D eigenvalue weighted by Crippen LogP contribution is 2.25. The molecule has 2 rings (SSSR count). The molecule has 0 N–H and O–H groups in total. The number of cyclic esters (lactones) is 1. The molecule has 1 aromatic rings. The second kappa shape index (κ2) is 4.91. The molecule has 1 fully saturated rings. The molecular weight excluding hydrogens is 263 g/mol. The number of hydrogen-bond acceptors (Lipinski definition) is 3. The Kier molecular flexibility index (Phi) is 3.46. The molecule has 1 amide bonds. The number of esters is 1. The second-order valence-electron chi connectivity index (χ2n) is 4.11. The van der Waals surface area contributed by atoms with E-state index in [1.807, 2.05) is 0 Å². The number of carbonyl (C=O) groups is 2. The summed E-state index contributed by atoms with van der Waals surface area (Å²) in [6.45, 7) is 1.62. The fourth-order valence-corrected chi connectivity index (χ4v) is 1.88. The van der Waals surface area contributed by atoms with Gasteiger partial charge in [-0.05, 0) is 24.6 Å². The summed E-state index contributed by atoms with van der Waals surface area (Å²) in [4.78, 5) is 23.8. The van der Waals surface area contributed by atoms with Crippen molar-refractivity contribution in [2.45, 2.75) is 13.0 Å². The fourth-order valence-electron chi connectivity index (χ4n) is 1.88. The van der Waals surface area contributed by atoms with Crippen LogP contribution in [0.5, 0.6) is 0 Å². The molecular formula is C12H10F3NO3. The van der Waals surface area contributed by atoms with Gasteiger partial charge in [0.05, 0.1) is 12.6 Å². The minimum atomic E-state index is -1.57. The first-order valence-electron chi connectivity index (χ1n) is 5.54. The first-order chi connectivity index (χ1) is 8.91. The lowest BCUT2D eigenvalue weighted by Crippen LogP contribution is -2.46. The van der Waals surface area contributed by atoms with Crippen LogP contribution in [0.2, 0.25) is 0 Å². The molecule has 1 aliphatic rings. The Morgan fingerprint density at radius 3 is 2.37 bits per heavy atom. The molecule has 1 aliphatic heterocycles. The van der Waals surface area contributed by atoms with Crippen LogP contribution >= 0.6 is 0 Å². The van der Waals surface area contributed by atoms with Crippen molar-refractivity contribution < 1.29 is 27.5 Å². The van der Waals surface area contributed by atoms with Crippen molar-refractivity contribution in [2.24, 2.45) is 0 Å². The highest BCUT2D eigenvalue weighted by atomic mass is 19.2. The molecule has 0 aromatic heterocycles. The number of morpholine rings is 1. The summed E-state index contributed by atoms with van der Waals surface area (Å²) in [6.07, 6.45) is 0. The predicted octanol–water partition coefficient (Wildman–Crippen LogP) is 1.55. The van der Waals surface area contributed by atoms with Crippen molar-refractivity contribution >= 4 is 11.9 Å². The van der Waals surface area contributed by atoms with Gasteiger partial charge in [0.25, 0.3) is 0 Å². The molecule has 4 nitrogen and oxygen atoms in total. The lowest BCUT2D eigenvalue weighted by molar-refractivity contribution is -0.168. The maximum absolute atomic E-state index is 13.1. The van der Waals surface area contributed by atoms with Crippen molar-refractivity contribution in [2.75, 3.05) is 13.2 Å². The monoisotopic (exact) mass is 273 g/mol. The van der Waals surface area contributed by atoms with Crippen molar-refractivity contribution in [1.82, 2.24) is 4.90 Å². The lowest BCUT2D eigenvalue weighted by atomic mass is 10.1. The number of nitrogens with zero attached hydrogens (tertiary/aromatic N) is 1. The predicted molar refractivity (Wildman–Crippen MR) is 57.4 cm³/mol. The SMILES string of the molecule is CC(c1cc(F)c(F)c(F)c1)N1CCOC(=O)C1=O. The van der Waals surface area contributed by atoms with E-state index < -0.39 is 35.4 Å². The van der Waals surface area contributed by atoms with Gasteiger partial charge in [-0.25, -0.2) is 18.0 Å². The Hall–Kier alpha value is -2.05. The van der Waals surface area contributed by atoms with Crippen LogP contribution in [0.3, 0.4) is 0 Å². The van der Waals surface area contributed by atoms with Gasteiger partial charge < -0.3 is 9.64 Å². The quantitative estimate of drug-likeness (QED) is 0.466. The summed E-state index contributed by atoms with van der Waals surface area (Å²) in [6, 6.07) is 0.844. The molecule has 0 spiro atoms. The molecule has 0 bridgehead atoms. The summed E-state index contributed by atoms with van der Waals surface area (Å²) in [5, 5.41) is 0. The van der Waals surface area contributed by atoms with Gasteiger partial charge in [-0.15, -0.1) is 0 Å². The van der Waals surface area contributed by atoms with Crippen LogP contribution in [0.4, 0.5) is 13.2 Å². The van der Waals surface area contributed by atoms with Crippen LogP contribution in [0, 0.1) is 17.5 Å². The molecule has 1 unspecified atom stereocenters. The third-order valence-corrected chi connectivity index (χ3v) is 2.96. The molecule has 0 radical (unpaired) electrons. The Bertz CT molecular complexity index is 524. The Labute approximate surface area is 106 Å². The average Bonchev–Trinajstić information content (AvgIpc) is 2.38. The fraction of sp³-hybridized carbons (Fsp3) is 0.333. The van der Waals surface area contributed by atoms with Gasteiger partial charge in [0.1, 0.15) is 6.61 Å². The number of ether oxygens (including phenoxy) is 1. The summed E-state index contributed by atoms with van der Waals surface area (Å²) in [7, 11) is 0. The van der Waals surface area contributed by atoms with Crippen molar-refractivity contribution in [1.29, 1.82) is 0 Å². The van der Waals surface area contributed by atoms with Gasteiger partial charge in [0, 0.05) is 0 Å². The number of hydrogen-bond donors (Lipinski definition) is 0. The summed E-state index contributed by atoms with van der Waals surface area (Å²) < 4.78 is 43.6. The summed E-state index contributed by atoms with van der Waals surface area (Å²) in [5.41, 5.74) is 0.0689. The van der Waals surface area contributed by atoms with Gasteiger partial charge in [-0.1, -0.05) is 0 Å². The van der Waals surface area contributed by atoms with Crippen LogP contribution in [0.25, 0.3) is 0 Å². The highest BCUT2D eigenvalue weighted by molar-refractivity contribution is 6.32. The number of rotatable bonds is 2. The lowest BCUT2D eigenvalue weighted by Gasteiger charge is -2.31. The van der Waals surface area contributed by atoms with Crippen LogP contribution in [-0.4, -0.2) is 29.9 Å². The standard InChI is InChI=1S/C12H10F3NO3/c1-6(16-2-3-19-12(18)11(16)17)7-4-8(13)10(15)9(14)5-7/h4-6H,2-3H2,1H3. The number of halogens is 3. The van der Waals surface area contributed by atoms with E-state index in [0.29, 0.717) is 0 Å². The molecule has 1 saturated heterocycles. The van der Waals surface area contributed by atoms with E-state index in [9.17, 15) is 22.8 Å². The zero-order valence-electron chi connectivity index (χ0n) is 9.95. The molecule has 19 heavy (non-hydrogen) atoms. The van der Waals surface area contributed by atoms with E-state index in [1.165, 1.54) is 6.92 Å². The molecule has 0 aliphatic carbocycles. The largest absolute Gasteiger partial charge is 0.457 e. The molecule has 7 heteroatoms. The smallest absolute Gasteiger partial charge is 0.397 e. The van der Waals surface area contributed by atoms with Crippen molar-refractivity contribution in [3.63, 3.8) is 0 Å². The van der Waals surface area contributed by atoms with Crippen LogP contribution in [0.15, 0.2) is 12.1 Å². The van der Waals surface area contributed by atoms with E-state index in [0.717, 1.165) is 17.0 Å². The number of benzene rings is 1. The molecule has 0 saturated carbocycles. The van der Waals surface area contributed by atoms with Gasteiger partial charge in [-0.2, -0.15) is 0 Å². The first kappa shape index (κ1) is 13.4. The van der Waals surface area contributed by atoms with Gasteiger partial charge in [0.2, 0.25) is 0 Å². The Morgan fingerprint density at radius 2 is 1.79 bits per heavy atom. The Balaban J connectivity index is 2.31. The second-order valence-corrected chi connectivity index (χ2v) is 4.11. The Morgan fingerprint density at radius 1 is 1.21 bits per heavy atom. The third kappa shape index (κ3) is 2.40. The molecule has 1 atom stereocenters. The van der Waals surface area contributed by atoms with E-state index >= 15 is 0 Å². The van der Waals surface area contributed by atoms with Crippen molar-refractivity contribution in [3.05, 3.63) is 35.1 Å². The minimum absolute atomic E-state index is 0.0150. The normalized spacial score (nSPS) is 17.4. The third-order valence-electron chi connectivity index (χ3n) is 2.96. The van der Waals surface area contributed by atoms with E-state index in [2.05, 4.69) is 4.74 Å². The maximum Gasteiger partial charge on any atom is 0.397 e. The first-order valence-corrected chi connectivity index (χ1v) is 5.54. The average molecular weight is 273 g/mol. The zero-order chi connectivity index (χ0) is 14.2. The number of carbonyl (C=O) groups excluding carboxylic acids is 2. The molecule has 102 valence electrons. The van der Waals surface area contributed by atoms with Gasteiger partial charge >= 0.3 is 11.9 Å². The van der Waals surface area contributed by atoms with Crippen LogP contribution < -0.4 is 0 Å². The van der Waals surface area contributed by atoms with Crippen LogP contribution in [-0.2, 0) is 14.3 Å². The molecule has 1 heterocycles. The van der Waals surface area contributed by atoms with Crippen LogP contribution in [0.1, 0.15) is 18.5 Å². The summed E-state index contributed by atoms with van der Waals surface area (Å²) >= 11 is 0. The molecule has 1 aromatic carbocycles. The highest BCUT2D eigenvalue weighted by Gasteiger charge is 2.32. The zero-order valence-corrected chi connectivity index (χ0v) is 9.95. The minimum Gasteiger partial charge on any atom is -0.457 e. The summed E-state index contributed by atoms with van der Waals surface area (Å²) in [5.74, 6) is -6.15. The van der Waals surface area contributed by atoms with E-state index in [4.69, 9.17) is 0 Å².